The molecule has 108 valence electrons. The van der Waals surface area contributed by atoms with Crippen molar-refractivity contribution in [1.82, 2.24) is 9.78 Å². The van der Waals surface area contributed by atoms with Gasteiger partial charge in [0.05, 0.1) is 18.0 Å². The van der Waals surface area contributed by atoms with E-state index in [-0.39, 0.29) is 10.6 Å². The number of nitrogens with two attached hydrogens (primary N) is 1. The number of aliphatic hydroxyl groups excluding tert-OH is 1. The van der Waals surface area contributed by atoms with E-state index in [9.17, 15) is 9.90 Å². The van der Waals surface area contributed by atoms with E-state index in [2.05, 4.69) is 10.4 Å². The summed E-state index contributed by atoms with van der Waals surface area (Å²) in [6.45, 7) is 6.43. The summed E-state index contributed by atoms with van der Waals surface area (Å²) in [6.07, 6.45) is 0.862. The van der Waals surface area contributed by atoms with Gasteiger partial charge in [0.2, 0.25) is 0 Å². The molecule has 1 aromatic rings. The van der Waals surface area contributed by atoms with Crippen molar-refractivity contribution in [1.29, 1.82) is 0 Å². The average molecular weight is 289 g/mol. The summed E-state index contributed by atoms with van der Waals surface area (Å²) in [5.41, 5.74) is 5.79. The van der Waals surface area contributed by atoms with Crippen molar-refractivity contribution in [2.45, 2.75) is 39.5 Å². The summed E-state index contributed by atoms with van der Waals surface area (Å²) < 4.78 is 1.34. The van der Waals surface area contributed by atoms with Crippen molar-refractivity contribution in [2.75, 3.05) is 11.9 Å². The maximum atomic E-state index is 12.0. The number of halogens is 1. The zero-order valence-electron chi connectivity index (χ0n) is 11.4. The van der Waals surface area contributed by atoms with E-state index in [1.54, 1.807) is 6.92 Å². The van der Waals surface area contributed by atoms with Crippen LogP contribution in [0.15, 0.2) is 11.0 Å². The van der Waals surface area contributed by atoms with Crippen LogP contribution >= 0.6 is 11.6 Å². The second-order valence-corrected chi connectivity index (χ2v) is 5.42. The molecule has 0 aliphatic heterocycles. The molecule has 0 saturated heterocycles. The lowest BCUT2D eigenvalue weighted by molar-refractivity contribution is 0.168. The summed E-state index contributed by atoms with van der Waals surface area (Å²) in [5.74, 6) is 0.309. The molecule has 0 fully saturated rings. The Labute approximate surface area is 117 Å². The topological polar surface area (TPSA) is 93.2 Å². The molecule has 0 radical (unpaired) electrons. The van der Waals surface area contributed by atoms with Gasteiger partial charge in [-0.2, -0.15) is 5.10 Å². The number of hydrogen-bond acceptors (Lipinski definition) is 5. The number of nitrogens with one attached hydrogen (secondary N) is 1. The SMILES string of the molecule is CC(C)Cn1ncc(NCC(N)C(C)O)c(Cl)c1=O. The number of aliphatic hydroxyl groups is 1. The highest BCUT2D eigenvalue weighted by Gasteiger charge is 2.13. The summed E-state index contributed by atoms with van der Waals surface area (Å²) in [4.78, 5) is 12.0. The van der Waals surface area contributed by atoms with Gasteiger partial charge in [0.15, 0.2) is 0 Å². The first-order valence-corrected chi connectivity index (χ1v) is 6.63. The normalized spacial score (nSPS) is 14.5. The van der Waals surface area contributed by atoms with Crippen LogP contribution in [0.5, 0.6) is 0 Å². The molecule has 0 aromatic carbocycles. The van der Waals surface area contributed by atoms with Gasteiger partial charge in [0, 0.05) is 19.1 Å². The molecule has 2 unspecified atom stereocenters. The minimum atomic E-state index is -0.638. The molecular formula is C12H21ClN4O2. The molecule has 2 atom stereocenters. The number of aromatic nitrogens is 2. The highest BCUT2D eigenvalue weighted by molar-refractivity contribution is 6.32. The maximum absolute atomic E-state index is 12.0. The molecule has 0 saturated carbocycles. The second-order valence-electron chi connectivity index (χ2n) is 5.04. The van der Waals surface area contributed by atoms with Crippen molar-refractivity contribution >= 4 is 17.3 Å². The van der Waals surface area contributed by atoms with Gasteiger partial charge >= 0.3 is 0 Å². The Morgan fingerprint density at radius 1 is 1.53 bits per heavy atom. The molecule has 4 N–H and O–H groups in total. The zero-order chi connectivity index (χ0) is 14.6. The standard InChI is InChI=1S/C12H21ClN4O2/c1-7(2)6-17-12(19)11(13)10(5-16-17)15-4-9(14)8(3)18/h5,7-9,15,18H,4,6,14H2,1-3H3. The van der Waals surface area contributed by atoms with E-state index in [0.717, 1.165) is 0 Å². The van der Waals surface area contributed by atoms with E-state index in [4.69, 9.17) is 17.3 Å². The molecule has 0 spiro atoms. The van der Waals surface area contributed by atoms with Crippen LogP contribution in [0.2, 0.25) is 5.02 Å². The summed E-state index contributed by atoms with van der Waals surface area (Å²) >= 11 is 6.01. The average Bonchev–Trinajstić information content (AvgIpc) is 2.33. The fraction of sp³-hybridized carbons (Fsp3) is 0.667. The Morgan fingerprint density at radius 2 is 2.16 bits per heavy atom. The van der Waals surface area contributed by atoms with Crippen LogP contribution in [0, 0.1) is 5.92 Å². The first kappa shape index (κ1) is 15.9. The van der Waals surface area contributed by atoms with Crippen LogP contribution in [0.3, 0.4) is 0 Å². The lowest BCUT2D eigenvalue weighted by Gasteiger charge is -2.17. The van der Waals surface area contributed by atoms with Gasteiger partial charge in [0.1, 0.15) is 5.02 Å². The fourth-order valence-electron chi connectivity index (χ4n) is 1.46. The molecule has 1 heterocycles. The predicted molar refractivity (Wildman–Crippen MR) is 76.5 cm³/mol. The predicted octanol–water partition coefficient (Wildman–Crippen LogP) is 0.673. The minimum Gasteiger partial charge on any atom is -0.392 e. The Morgan fingerprint density at radius 3 is 2.68 bits per heavy atom. The van der Waals surface area contributed by atoms with Gasteiger partial charge in [-0.05, 0) is 12.8 Å². The molecular weight excluding hydrogens is 268 g/mol. The first-order chi connectivity index (χ1) is 8.82. The van der Waals surface area contributed by atoms with Gasteiger partial charge in [-0.3, -0.25) is 4.79 Å². The van der Waals surface area contributed by atoms with E-state index >= 15 is 0 Å². The Kier molecular flexibility index (Phi) is 5.78. The Balaban J connectivity index is 2.82. The van der Waals surface area contributed by atoms with Crippen LogP contribution in [0.4, 0.5) is 5.69 Å². The Bertz CT molecular complexity index is 473. The summed E-state index contributed by atoms with van der Waals surface area (Å²) in [7, 11) is 0. The van der Waals surface area contributed by atoms with Crippen molar-refractivity contribution in [3.05, 3.63) is 21.6 Å². The molecule has 0 aliphatic carbocycles. The third kappa shape index (κ3) is 4.49. The van der Waals surface area contributed by atoms with E-state index in [1.165, 1.54) is 10.9 Å². The number of hydrogen-bond donors (Lipinski definition) is 3. The van der Waals surface area contributed by atoms with Crippen LogP contribution in [0.1, 0.15) is 20.8 Å². The van der Waals surface area contributed by atoms with Crippen LogP contribution in [-0.2, 0) is 6.54 Å². The van der Waals surface area contributed by atoms with Gasteiger partial charge in [0.25, 0.3) is 5.56 Å². The number of anilines is 1. The molecule has 1 rings (SSSR count). The third-order valence-electron chi connectivity index (χ3n) is 2.67. The maximum Gasteiger partial charge on any atom is 0.287 e. The summed E-state index contributed by atoms with van der Waals surface area (Å²) in [6, 6.07) is -0.436. The van der Waals surface area contributed by atoms with Crippen molar-refractivity contribution in [3.63, 3.8) is 0 Å². The van der Waals surface area contributed by atoms with Crippen LogP contribution in [-0.4, -0.2) is 33.6 Å². The summed E-state index contributed by atoms with van der Waals surface area (Å²) in [5, 5.41) is 16.4. The quantitative estimate of drug-likeness (QED) is 0.715. The van der Waals surface area contributed by atoms with Crippen LogP contribution in [0.25, 0.3) is 0 Å². The molecule has 0 amide bonds. The molecule has 0 bridgehead atoms. The molecule has 7 heteroatoms. The molecule has 0 aliphatic rings. The molecule has 1 aromatic heterocycles. The largest absolute Gasteiger partial charge is 0.392 e. The number of nitrogens with zero attached hydrogens (tertiary/aromatic N) is 2. The van der Waals surface area contributed by atoms with Gasteiger partial charge in [-0.1, -0.05) is 25.4 Å². The second kappa shape index (κ2) is 6.88. The highest BCUT2D eigenvalue weighted by atomic mass is 35.5. The van der Waals surface area contributed by atoms with Gasteiger partial charge in [-0.15, -0.1) is 0 Å². The van der Waals surface area contributed by atoms with Crippen molar-refractivity contribution in [3.8, 4) is 0 Å². The third-order valence-corrected chi connectivity index (χ3v) is 3.04. The van der Waals surface area contributed by atoms with Crippen molar-refractivity contribution < 1.29 is 5.11 Å². The lowest BCUT2D eigenvalue weighted by Crippen LogP contribution is -2.39. The van der Waals surface area contributed by atoms with Gasteiger partial charge < -0.3 is 16.2 Å². The lowest BCUT2D eigenvalue weighted by atomic mass is 10.2. The van der Waals surface area contributed by atoms with E-state index in [0.29, 0.717) is 24.7 Å². The first-order valence-electron chi connectivity index (χ1n) is 6.26. The smallest absolute Gasteiger partial charge is 0.287 e. The molecule has 6 nitrogen and oxygen atoms in total. The number of rotatable bonds is 6. The Hall–Kier alpha value is -1.11. The molecule has 19 heavy (non-hydrogen) atoms. The zero-order valence-corrected chi connectivity index (χ0v) is 12.2. The van der Waals surface area contributed by atoms with E-state index in [1.807, 2.05) is 13.8 Å². The highest BCUT2D eigenvalue weighted by Crippen LogP contribution is 2.15. The van der Waals surface area contributed by atoms with Gasteiger partial charge in [-0.25, -0.2) is 4.68 Å². The van der Waals surface area contributed by atoms with Crippen LogP contribution < -0.4 is 16.6 Å². The fourth-order valence-corrected chi connectivity index (χ4v) is 1.68. The minimum absolute atomic E-state index is 0.0912. The van der Waals surface area contributed by atoms with Crippen molar-refractivity contribution in [2.24, 2.45) is 11.7 Å². The monoisotopic (exact) mass is 288 g/mol. The van der Waals surface area contributed by atoms with E-state index < -0.39 is 12.1 Å².